The number of amides is 1. The molecule has 1 amide bonds. The lowest BCUT2D eigenvalue weighted by Gasteiger charge is -2.06. The number of nitrogens with one attached hydrogen (secondary N) is 1. The molecule has 0 radical (unpaired) electrons. The molecule has 0 saturated carbocycles. The van der Waals surface area contributed by atoms with Gasteiger partial charge in [0.25, 0.3) is 5.91 Å². The van der Waals surface area contributed by atoms with Crippen molar-refractivity contribution in [2.45, 2.75) is 13.0 Å². The molecule has 0 bridgehead atoms. The molecule has 0 aliphatic carbocycles. The van der Waals surface area contributed by atoms with Crippen LogP contribution in [0.1, 0.15) is 15.4 Å². The van der Waals surface area contributed by atoms with Crippen molar-refractivity contribution in [3.63, 3.8) is 0 Å². The van der Waals surface area contributed by atoms with Gasteiger partial charge in [-0.05, 0) is 13.0 Å². The van der Waals surface area contributed by atoms with Crippen molar-refractivity contribution in [3.8, 4) is 0 Å². The fourth-order valence-corrected chi connectivity index (χ4v) is 2.72. The summed E-state index contributed by atoms with van der Waals surface area (Å²) >= 11 is 1.27. The summed E-state index contributed by atoms with van der Waals surface area (Å²) in [6.07, 6.45) is -1.60. The van der Waals surface area contributed by atoms with Crippen LogP contribution in [0, 0.1) is 6.92 Å². The molecule has 0 aromatic carbocycles. The van der Waals surface area contributed by atoms with Crippen LogP contribution < -0.4 is 5.32 Å². The SMILES string of the molecule is Cc1nn(C)c2sc(C(=O)NCC(O)C(=O)O)cc12. The van der Waals surface area contributed by atoms with E-state index in [-0.39, 0.29) is 6.54 Å². The molecule has 102 valence electrons. The van der Waals surface area contributed by atoms with Crippen LogP contribution in [0.15, 0.2) is 6.07 Å². The van der Waals surface area contributed by atoms with Crippen LogP contribution in [0.4, 0.5) is 0 Å². The number of carboxylic acids is 1. The third-order valence-electron chi connectivity index (χ3n) is 2.66. The van der Waals surface area contributed by atoms with Crippen LogP contribution in [0.5, 0.6) is 0 Å². The fourth-order valence-electron chi connectivity index (χ4n) is 1.68. The highest BCUT2D eigenvalue weighted by atomic mass is 32.1. The first kappa shape index (κ1) is 13.5. The number of carboxylic acid groups (broad SMARTS) is 1. The molecule has 0 fully saturated rings. The van der Waals surface area contributed by atoms with Crippen LogP contribution in [0.25, 0.3) is 10.2 Å². The van der Waals surface area contributed by atoms with E-state index in [4.69, 9.17) is 10.2 Å². The first-order chi connectivity index (χ1) is 8.90. The van der Waals surface area contributed by atoms with Gasteiger partial charge >= 0.3 is 5.97 Å². The summed E-state index contributed by atoms with van der Waals surface area (Å²) in [4.78, 5) is 23.6. The Labute approximate surface area is 112 Å². The summed E-state index contributed by atoms with van der Waals surface area (Å²) in [5, 5.41) is 25.1. The Morgan fingerprint density at radius 3 is 2.84 bits per heavy atom. The Hall–Kier alpha value is -1.93. The highest BCUT2D eigenvalue weighted by molar-refractivity contribution is 7.20. The first-order valence-electron chi connectivity index (χ1n) is 5.52. The van der Waals surface area contributed by atoms with E-state index >= 15 is 0 Å². The molecule has 3 N–H and O–H groups in total. The molecule has 1 unspecified atom stereocenters. The number of aliphatic hydroxyl groups excluding tert-OH is 1. The summed E-state index contributed by atoms with van der Waals surface area (Å²) in [5.41, 5.74) is 0.832. The average Bonchev–Trinajstić information content (AvgIpc) is 2.89. The molecular formula is C11H13N3O4S. The van der Waals surface area contributed by atoms with Crippen molar-refractivity contribution >= 4 is 33.4 Å². The van der Waals surface area contributed by atoms with Crippen molar-refractivity contribution in [1.29, 1.82) is 0 Å². The van der Waals surface area contributed by atoms with Gasteiger partial charge in [-0.2, -0.15) is 5.10 Å². The van der Waals surface area contributed by atoms with Crippen LogP contribution >= 0.6 is 11.3 Å². The number of aliphatic hydroxyl groups is 1. The summed E-state index contributed by atoms with van der Waals surface area (Å²) in [6, 6.07) is 1.71. The number of carbonyl (C=O) groups is 2. The Balaban J connectivity index is 2.13. The molecule has 0 aliphatic heterocycles. The van der Waals surface area contributed by atoms with Crippen LogP contribution in [0.3, 0.4) is 0 Å². The van der Waals surface area contributed by atoms with Crippen molar-refractivity contribution in [2.75, 3.05) is 6.54 Å². The molecule has 0 aliphatic rings. The monoisotopic (exact) mass is 283 g/mol. The zero-order chi connectivity index (χ0) is 14.2. The molecule has 1 atom stereocenters. The maximum absolute atomic E-state index is 11.8. The molecule has 7 nitrogen and oxygen atoms in total. The van der Waals surface area contributed by atoms with Crippen molar-refractivity contribution in [2.24, 2.45) is 7.05 Å². The normalized spacial score (nSPS) is 12.6. The van der Waals surface area contributed by atoms with Crippen LogP contribution in [0.2, 0.25) is 0 Å². The lowest BCUT2D eigenvalue weighted by molar-refractivity contribution is -0.146. The number of fused-ring (bicyclic) bond motifs is 1. The molecular weight excluding hydrogens is 270 g/mol. The number of hydrogen-bond donors (Lipinski definition) is 3. The van der Waals surface area contributed by atoms with E-state index in [1.54, 1.807) is 17.8 Å². The van der Waals surface area contributed by atoms with E-state index in [0.717, 1.165) is 15.9 Å². The van der Waals surface area contributed by atoms with Crippen LogP contribution in [-0.2, 0) is 11.8 Å². The van der Waals surface area contributed by atoms with E-state index in [0.29, 0.717) is 4.88 Å². The van der Waals surface area contributed by atoms with Crippen molar-refractivity contribution in [1.82, 2.24) is 15.1 Å². The summed E-state index contributed by atoms with van der Waals surface area (Å²) in [6.45, 7) is 1.53. The molecule has 8 heteroatoms. The smallest absolute Gasteiger partial charge is 0.334 e. The van der Waals surface area contributed by atoms with Gasteiger partial charge < -0.3 is 15.5 Å². The molecule has 2 heterocycles. The van der Waals surface area contributed by atoms with Gasteiger partial charge in [0.05, 0.1) is 17.1 Å². The third kappa shape index (κ3) is 2.59. The van der Waals surface area contributed by atoms with E-state index in [9.17, 15) is 9.59 Å². The molecule has 2 rings (SSSR count). The Morgan fingerprint density at radius 1 is 1.58 bits per heavy atom. The zero-order valence-corrected chi connectivity index (χ0v) is 11.2. The number of aromatic nitrogens is 2. The number of aliphatic carboxylic acids is 1. The van der Waals surface area contributed by atoms with Gasteiger partial charge in [0, 0.05) is 12.4 Å². The highest BCUT2D eigenvalue weighted by Gasteiger charge is 2.18. The second-order valence-corrected chi connectivity index (χ2v) is 5.13. The van der Waals surface area contributed by atoms with E-state index in [2.05, 4.69) is 10.4 Å². The second kappa shape index (κ2) is 4.98. The minimum Gasteiger partial charge on any atom is -0.479 e. The van der Waals surface area contributed by atoms with Crippen molar-refractivity contribution < 1.29 is 19.8 Å². The fraction of sp³-hybridized carbons (Fsp3) is 0.364. The standard InChI is InChI=1S/C11H13N3O4S/c1-5-6-3-8(19-10(6)14(2)13-5)9(16)12-4-7(15)11(17)18/h3,7,15H,4H2,1-2H3,(H,12,16)(H,17,18). The van der Waals surface area contributed by atoms with Gasteiger partial charge in [0.15, 0.2) is 6.10 Å². The number of aryl methyl sites for hydroxylation is 2. The summed E-state index contributed by atoms with van der Waals surface area (Å²) in [5.74, 6) is -1.77. The maximum Gasteiger partial charge on any atom is 0.334 e. The number of rotatable bonds is 4. The second-order valence-electron chi connectivity index (χ2n) is 4.10. The lowest BCUT2D eigenvalue weighted by atomic mass is 10.3. The minimum atomic E-state index is -1.60. The Morgan fingerprint density at radius 2 is 2.26 bits per heavy atom. The molecule has 0 saturated heterocycles. The van der Waals surface area contributed by atoms with E-state index < -0.39 is 18.0 Å². The Kier molecular flexibility index (Phi) is 3.54. The first-order valence-corrected chi connectivity index (χ1v) is 6.34. The average molecular weight is 283 g/mol. The molecule has 2 aromatic rings. The third-order valence-corrected chi connectivity index (χ3v) is 3.86. The predicted octanol–water partition coefficient (Wildman–Crippen LogP) is 0.119. The van der Waals surface area contributed by atoms with Gasteiger partial charge in [-0.25, -0.2) is 4.79 Å². The van der Waals surface area contributed by atoms with Gasteiger partial charge in [0.1, 0.15) is 4.83 Å². The Bertz CT molecular complexity index is 611. The zero-order valence-electron chi connectivity index (χ0n) is 10.4. The van der Waals surface area contributed by atoms with Gasteiger partial charge in [0.2, 0.25) is 0 Å². The van der Waals surface area contributed by atoms with Crippen molar-refractivity contribution in [3.05, 3.63) is 16.6 Å². The van der Waals surface area contributed by atoms with Gasteiger partial charge in [-0.1, -0.05) is 0 Å². The summed E-state index contributed by atoms with van der Waals surface area (Å²) in [7, 11) is 1.79. The number of nitrogens with zero attached hydrogens (tertiary/aromatic N) is 2. The highest BCUT2D eigenvalue weighted by Crippen LogP contribution is 2.27. The largest absolute Gasteiger partial charge is 0.479 e. The van der Waals surface area contributed by atoms with Gasteiger partial charge in [-0.15, -0.1) is 11.3 Å². The number of carbonyl (C=O) groups excluding carboxylic acids is 1. The number of hydrogen-bond acceptors (Lipinski definition) is 5. The maximum atomic E-state index is 11.8. The minimum absolute atomic E-state index is 0.320. The quantitative estimate of drug-likeness (QED) is 0.739. The molecule has 19 heavy (non-hydrogen) atoms. The van der Waals surface area contributed by atoms with E-state index in [1.807, 2.05) is 6.92 Å². The lowest BCUT2D eigenvalue weighted by Crippen LogP contribution is -2.36. The predicted molar refractivity (Wildman–Crippen MR) is 69.3 cm³/mol. The molecule has 0 spiro atoms. The van der Waals surface area contributed by atoms with Gasteiger partial charge in [-0.3, -0.25) is 9.48 Å². The van der Waals surface area contributed by atoms with Crippen LogP contribution in [-0.4, -0.2) is 44.5 Å². The molecule has 2 aromatic heterocycles. The topological polar surface area (TPSA) is 104 Å². The number of thiophene rings is 1. The van der Waals surface area contributed by atoms with E-state index in [1.165, 1.54) is 11.3 Å². The summed E-state index contributed by atoms with van der Waals surface area (Å²) < 4.78 is 1.69.